The Labute approximate surface area is 164 Å². The van der Waals surface area contributed by atoms with Gasteiger partial charge in [0.05, 0.1) is 12.5 Å². The van der Waals surface area contributed by atoms with Crippen LogP contribution in [0, 0.1) is 11.3 Å². The summed E-state index contributed by atoms with van der Waals surface area (Å²) >= 11 is 0. The second-order valence-electron chi connectivity index (χ2n) is 6.22. The minimum Gasteiger partial charge on any atom is -0.489 e. The number of para-hydroxylation sites is 1. The SMILES string of the molecule is N#CCc1ccc(OCc2ccccc2NC(=O)NCc2ccccc2)cc1. The second kappa shape index (κ2) is 9.79. The molecule has 0 aliphatic carbocycles. The van der Waals surface area contributed by atoms with Crippen LogP contribution >= 0.6 is 0 Å². The predicted octanol–water partition coefficient (Wildman–Crippen LogP) is 4.65. The number of rotatable bonds is 7. The van der Waals surface area contributed by atoms with Crippen LogP contribution in [0.3, 0.4) is 0 Å². The van der Waals surface area contributed by atoms with Crippen LogP contribution < -0.4 is 15.4 Å². The van der Waals surface area contributed by atoms with Crippen LogP contribution in [-0.2, 0) is 19.6 Å². The fourth-order valence-electron chi connectivity index (χ4n) is 2.67. The van der Waals surface area contributed by atoms with Gasteiger partial charge in [0.1, 0.15) is 12.4 Å². The van der Waals surface area contributed by atoms with Crippen molar-refractivity contribution < 1.29 is 9.53 Å². The Morgan fingerprint density at radius 1 is 0.893 bits per heavy atom. The van der Waals surface area contributed by atoms with Gasteiger partial charge in [-0.3, -0.25) is 0 Å². The van der Waals surface area contributed by atoms with Crippen LogP contribution in [-0.4, -0.2) is 6.03 Å². The molecule has 0 aromatic heterocycles. The largest absolute Gasteiger partial charge is 0.489 e. The molecule has 0 atom stereocenters. The number of hydrogen-bond acceptors (Lipinski definition) is 3. The maximum Gasteiger partial charge on any atom is 0.319 e. The molecule has 2 amide bonds. The van der Waals surface area contributed by atoms with Gasteiger partial charge < -0.3 is 15.4 Å². The van der Waals surface area contributed by atoms with E-state index >= 15 is 0 Å². The molecule has 2 N–H and O–H groups in total. The van der Waals surface area contributed by atoms with E-state index in [1.54, 1.807) is 0 Å². The molecule has 5 heteroatoms. The molecule has 5 nitrogen and oxygen atoms in total. The minimum atomic E-state index is -0.267. The van der Waals surface area contributed by atoms with Crippen LogP contribution in [0.4, 0.5) is 10.5 Å². The van der Waals surface area contributed by atoms with Crippen molar-refractivity contribution in [1.29, 1.82) is 5.26 Å². The van der Waals surface area contributed by atoms with Crippen molar-refractivity contribution in [2.45, 2.75) is 19.6 Å². The summed E-state index contributed by atoms with van der Waals surface area (Å²) in [7, 11) is 0. The zero-order valence-electron chi connectivity index (χ0n) is 15.4. The Hall–Kier alpha value is -3.78. The van der Waals surface area contributed by atoms with Gasteiger partial charge in [0, 0.05) is 17.8 Å². The fraction of sp³-hybridized carbons (Fsp3) is 0.130. The van der Waals surface area contributed by atoms with Crippen molar-refractivity contribution in [2.24, 2.45) is 0 Å². The molecule has 0 bridgehead atoms. The maximum atomic E-state index is 12.2. The smallest absolute Gasteiger partial charge is 0.319 e. The van der Waals surface area contributed by atoms with E-state index in [1.807, 2.05) is 78.9 Å². The van der Waals surface area contributed by atoms with E-state index < -0.39 is 0 Å². The Balaban J connectivity index is 1.56. The normalized spacial score (nSPS) is 9.96. The van der Waals surface area contributed by atoms with Crippen molar-refractivity contribution in [3.05, 3.63) is 95.6 Å². The summed E-state index contributed by atoms with van der Waals surface area (Å²) in [4.78, 5) is 12.2. The summed E-state index contributed by atoms with van der Waals surface area (Å²) in [5.74, 6) is 0.713. The van der Waals surface area contributed by atoms with E-state index in [2.05, 4.69) is 16.7 Å². The number of urea groups is 1. The summed E-state index contributed by atoms with van der Waals surface area (Å²) in [5, 5.41) is 14.5. The van der Waals surface area contributed by atoms with Crippen LogP contribution in [0.5, 0.6) is 5.75 Å². The number of anilines is 1. The molecule has 0 spiro atoms. The molecule has 3 rings (SSSR count). The Morgan fingerprint density at radius 3 is 2.36 bits per heavy atom. The monoisotopic (exact) mass is 371 g/mol. The summed E-state index contributed by atoms with van der Waals surface area (Å²) in [6.07, 6.45) is 0.380. The highest BCUT2D eigenvalue weighted by atomic mass is 16.5. The van der Waals surface area contributed by atoms with Gasteiger partial charge in [-0.1, -0.05) is 60.7 Å². The molecule has 140 valence electrons. The molecular formula is C23H21N3O2. The summed E-state index contributed by atoms with van der Waals surface area (Å²) in [6.45, 7) is 0.785. The van der Waals surface area contributed by atoms with Gasteiger partial charge >= 0.3 is 6.03 Å². The molecule has 0 saturated carbocycles. The number of hydrogen-bond donors (Lipinski definition) is 2. The number of benzene rings is 3. The van der Waals surface area contributed by atoms with Gasteiger partial charge in [-0.25, -0.2) is 4.79 Å². The third-order valence-electron chi connectivity index (χ3n) is 4.16. The van der Waals surface area contributed by atoms with E-state index in [9.17, 15) is 4.79 Å². The first-order valence-corrected chi connectivity index (χ1v) is 9.00. The third kappa shape index (κ3) is 5.61. The van der Waals surface area contributed by atoms with E-state index in [4.69, 9.17) is 10.00 Å². The van der Waals surface area contributed by atoms with Crippen LogP contribution in [0.15, 0.2) is 78.9 Å². The molecule has 0 aliphatic heterocycles. The number of ether oxygens (including phenoxy) is 1. The first kappa shape index (κ1) is 19.0. The predicted molar refractivity (Wildman–Crippen MR) is 109 cm³/mol. The first-order chi connectivity index (χ1) is 13.7. The van der Waals surface area contributed by atoms with Gasteiger partial charge in [0.2, 0.25) is 0 Å². The fourth-order valence-corrected chi connectivity index (χ4v) is 2.67. The minimum absolute atomic E-state index is 0.267. The van der Waals surface area contributed by atoms with E-state index in [0.717, 1.165) is 16.7 Å². The lowest BCUT2D eigenvalue weighted by atomic mass is 10.1. The van der Waals surface area contributed by atoms with Crippen molar-refractivity contribution in [3.8, 4) is 11.8 Å². The zero-order chi connectivity index (χ0) is 19.6. The Kier molecular flexibility index (Phi) is 6.64. The lowest BCUT2D eigenvalue weighted by Crippen LogP contribution is -2.28. The highest BCUT2D eigenvalue weighted by Gasteiger charge is 2.07. The standard InChI is InChI=1S/C23H21N3O2/c24-15-14-18-10-12-21(13-11-18)28-17-20-8-4-5-9-22(20)26-23(27)25-16-19-6-2-1-3-7-19/h1-13H,14,16-17H2,(H2,25,26,27). The van der Waals surface area contributed by atoms with Crippen LogP contribution in [0.1, 0.15) is 16.7 Å². The number of nitriles is 1. The third-order valence-corrected chi connectivity index (χ3v) is 4.16. The highest BCUT2D eigenvalue weighted by Crippen LogP contribution is 2.19. The van der Waals surface area contributed by atoms with E-state index in [0.29, 0.717) is 31.0 Å². The molecule has 28 heavy (non-hydrogen) atoms. The average molecular weight is 371 g/mol. The van der Waals surface area contributed by atoms with Crippen LogP contribution in [0.25, 0.3) is 0 Å². The lowest BCUT2D eigenvalue weighted by molar-refractivity contribution is 0.251. The van der Waals surface area contributed by atoms with Gasteiger partial charge in [-0.05, 0) is 29.3 Å². The number of nitrogens with one attached hydrogen (secondary N) is 2. The van der Waals surface area contributed by atoms with Gasteiger partial charge in [-0.2, -0.15) is 5.26 Å². The Bertz CT molecular complexity index is 948. The van der Waals surface area contributed by atoms with Crippen LogP contribution in [0.2, 0.25) is 0 Å². The molecule has 3 aromatic carbocycles. The second-order valence-corrected chi connectivity index (χ2v) is 6.22. The number of amides is 2. The molecule has 0 heterocycles. The number of carbonyl (C=O) groups excluding carboxylic acids is 1. The summed E-state index contributed by atoms with van der Waals surface area (Å²) in [5.41, 5.74) is 3.56. The molecular weight excluding hydrogens is 350 g/mol. The first-order valence-electron chi connectivity index (χ1n) is 9.00. The molecule has 3 aromatic rings. The summed E-state index contributed by atoms with van der Waals surface area (Å²) < 4.78 is 5.82. The topological polar surface area (TPSA) is 74.1 Å². The molecule has 0 saturated heterocycles. The molecule has 0 radical (unpaired) electrons. The average Bonchev–Trinajstić information content (AvgIpc) is 2.74. The van der Waals surface area contributed by atoms with Gasteiger partial charge in [-0.15, -0.1) is 0 Å². The number of carbonyl (C=O) groups is 1. The van der Waals surface area contributed by atoms with Crippen molar-refractivity contribution in [1.82, 2.24) is 5.32 Å². The summed E-state index contributed by atoms with van der Waals surface area (Å²) in [6, 6.07) is 26.6. The number of nitrogens with zero attached hydrogens (tertiary/aromatic N) is 1. The molecule has 0 fully saturated rings. The highest BCUT2D eigenvalue weighted by molar-refractivity contribution is 5.90. The van der Waals surface area contributed by atoms with Gasteiger partial charge in [0.25, 0.3) is 0 Å². The van der Waals surface area contributed by atoms with Crippen molar-refractivity contribution in [2.75, 3.05) is 5.32 Å². The van der Waals surface area contributed by atoms with E-state index in [-0.39, 0.29) is 6.03 Å². The quantitative estimate of drug-likeness (QED) is 0.635. The van der Waals surface area contributed by atoms with E-state index in [1.165, 1.54) is 0 Å². The maximum absolute atomic E-state index is 12.2. The van der Waals surface area contributed by atoms with Crippen molar-refractivity contribution in [3.63, 3.8) is 0 Å². The van der Waals surface area contributed by atoms with Crippen molar-refractivity contribution >= 4 is 11.7 Å². The van der Waals surface area contributed by atoms with Gasteiger partial charge in [0.15, 0.2) is 0 Å². The molecule has 0 aliphatic rings. The molecule has 0 unspecified atom stereocenters. The Morgan fingerprint density at radius 2 is 1.61 bits per heavy atom. The zero-order valence-corrected chi connectivity index (χ0v) is 15.4. The lowest BCUT2D eigenvalue weighted by Gasteiger charge is -2.13.